The Kier molecular flexibility index (Phi) is 3.15. The van der Waals surface area contributed by atoms with Gasteiger partial charge in [-0.25, -0.2) is 0 Å². The first-order chi connectivity index (χ1) is 7.70. The molecule has 3 heteroatoms. The Morgan fingerprint density at radius 3 is 3.00 bits per heavy atom. The first kappa shape index (κ1) is 11.0. The van der Waals surface area contributed by atoms with Gasteiger partial charge >= 0.3 is 0 Å². The minimum Gasteiger partial charge on any atom is -0.504 e. The molecule has 1 aromatic rings. The minimum atomic E-state index is 0.0377. The summed E-state index contributed by atoms with van der Waals surface area (Å²) in [7, 11) is 1.54. The van der Waals surface area contributed by atoms with Crippen molar-refractivity contribution in [1.82, 2.24) is 0 Å². The third-order valence-electron chi connectivity index (χ3n) is 2.82. The van der Waals surface area contributed by atoms with Crippen LogP contribution < -0.4 is 4.74 Å². The lowest BCUT2D eigenvalue weighted by Crippen LogP contribution is -2.13. The van der Waals surface area contributed by atoms with E-state index < -0.39 is 0 Å². The number of aromatic hydroxyl groups is 1. The average Bonchev–Trinajstić information content (AvgIpc) is 2.29. The maximum atomic E-state index is 9.50. The zero-order valence-electron chi connectivity index (χ0n) is 9.40. The van der Waals surface area contributed by atoms with Gasteiger partial charge in [0.15, 0.2) is 11.5 Å². The van der Waals surface area contributed by atoms with Crippen molar-refractivity contribution >= 4 is 0 Å². The predicted octanol–water partition coefficient (Wildman–Crippen LogP) is 2.81. The van der Waals surface area contributed by atoms with Gasteiger partial charge in [0.05, 0.1) is 19.8 Å². The molecule has 1 aromatic carbocycles. The predicted molar refractivity (Wildman–Crippen MR) is 61.7 cm³/mol. The van der Waals surface area contributed by atoms with Gasteiger partial charge in [-0.3, -0.25) is 0 Å². The molecule has 0 amide bonds. The molecule has 16 heavy (non-hydrogen) atoms. The van der Waals surface area contributed by atoms with Crippen molar-refractivity contribution in [3.63, 3.8) is 0 Å². The van der Waals surface area contributed by atoms with Crippen LogP contribution in [-0.2, 0) is 4.74 Å². The normalized spacial score (nSPS) is 20.8. The first-order valence-electron chi connectivity index (χ1n) is 5.36. The largest absolute Gasteiger partial charge is 0.504 e. The molecule has 2 rings (SSSR count). The van der Waals surface area contributed by atoms with Gasteiger partial charge in [-0.05, 0) is 30.5 Å². The van der Waals surface area contributed by atoms with Crippen molar-refractivity contribution in [3.8, 4) is 11.5 Å². The van der Waals surface area contributed by atoms with E-state index in [0.717, 1.165) is 18.4 Å². The van der Waals surface area contributed by atoms with Crippen LogP contribution in [0.3, 0.4) is 0 Å². The van der Waals surface area contributed by atoms with Crippen LogP contribution in [0.25, 0.3) is 0 Å². The Balaban J connectivity index is 2.22. The summed E-state index contributed by atoms with van der Waals surface area (Å²) in [6.07, 6.45) is 1.82. The number of hydrogen-bond acceptors (Lipinski definition) is 3. The van der Waals surface area contributed by atoms with Crippen LogP contribution in [0.5, 0.6) is 11.5 Å². The van der Waals surface area contributed by atoms with E-state index in [-0.39, 0.29) is 11.9 Å². The molecule has 1 saturated heterocycles. The SMILES string of the molecule is C=C1CCOC(c2ccc(O)c(OC)c2)C1. The number of hydrogen-bond donors (Lipinski definition) is 1. The molecule has 1 aliphatic rings. The zero-order valence-corrected chi connectivity index (χ0v) is 9.40. The fourth-order valence-corrected chi connectivity index (χ4v) is 1.88. The molecular weight excluding hydrogens is 204 g/mol. The molecule has 1 aliphatic heterocycles. The van der Waals surface area contributed by atoms with Crippen LogP contribution >= 0.6 is 0 Å². The van der Waals surface area contributed by atoms with Gasteiger partial charge < -0.3 is 14.6 Å². The average molecular weight is 220 g/mol. The Bertz CT molecular complexity index is 398. The third kappa shape index (κ3) is 2.19. The highest BCUT2D eigenvalue weighted by Crippen LogP contribution is 2.35. The van der Waals surface area contributed by atoms with E-state index >= 15 is 0 Å². The van der Waals surface area contributed by atoms with Crippen molar-refractivity contribution in [2.45, 2.75) is 18.9 Å². The van der Waals surface area contributed by atoms with Gasteiger partial charge in [-0.1, -0.05) is 18.2 Å². The molecule has 0 bridgehead atoms. The molecule has 1 N–H and O–H groups in total. The van der Waals surface area contributed by atoms with E-state index in [1.54, 1.807) is 13.2 Å². The molecule has 3 nitrogen and oxygen atoms in total. The summed E-state index contributed by atoms with van der Waals surface area (Å²) >= 11 is 0. The molecule has 86 valence electrons. The Morgan fingerprint density at radius 2 is 2.31 bits per heavy atom. The summed E-state index contributed by atoms with van der Waals surface area (Å²) < 4.78 is 10.8. The summed E-state index contributed by atoms with van der Waals surface area (Å²) in [4.78, 5) is 0. The monoisotopic (exact) mass is 220 g/mol. The fourth-order valence-electron chi connectivity index (χ4n) is 1.88. The molecule has 0 saturated carbocycles. The van der Waals surface area contributed by atoms with Crippen molar-refractivity contribution in [2.24, 2.45) is 0 Å². The van der Waals surface area contributed by atoms with Crippen molar-refractivity contribution < 1.29 is 14.6 Å². The van der Waals surface area contributed by atoms with Gasteiger partial charge in [0, 0.05) is 0 Å². The molecule has 0 aromatic heterocycles. The molecule has 1 unspecified atom stereocenters. The summed E-state index contributed by atoms with van der Waals surface area (Å²) in [5, 5.41) is 9.50. The van der Waals surface area contributed by atoms with Gasteiger partial charge in [0.25, 0.3) is 0 Å². The standard InChI is InChI=1S/C13H16O3/c1-9-5-6-16-12(7-9)10-3-4-11(14)13(8-10)15-2/h3-4,8,12,14H,1,5-7H2,2H3. The second-order valence-corrected chi connectivity index (χ2v) is 3.99. The van der Waals surface area contributed by atoms with Gasteiger partial charge in [-0.2, -0.15) is 0 Å². The smallest absolute Gasteiger partial charge is 0.160 e. The second-order valence-electron chi connectivity index (χ2n) is 3.99. The summed E-state index contributed by atoms with van der Waals surface area (Å²) in [6, 6.07) is 5.31. The van der Waals surface area contributed by atoms with E-state index in [2.05, 4.69) is 6.58 Å². The number of benzene rings is 1. The van der Waals surface area contributed by atoms with E-state index in [4.69, 9.17) is 9.47 Å². The number of rotatable bonds is 2. The van der Waals surface area contributed by atoms with E-state index in [1.165, 1.54) is 5.57 Å². The fraction of sp³-hybridized carbons (Fsp3) is 0.385. The highest BCUT2D eigenvalue weighted by molar-refractivity contribution is 5.42. The molecular formula is C13H16O3. The van der Waals surface area contributed by atoms with Crippen LogP contribution in [0, 0.1) is 0 Å². The second kappa shape index (κ2) is 4.58. The van der Waals surface area contributed by atoms with Gasteiger partial charge in [-0.15, -0.1) is 0 Å². The van der Waals surface area contributed by atoms with E-state index in [1.807, 2.05) is 12.1 Å². The van der Waals surface area contributed by atoms with E-state index in [9.17, 15) is 5.11 Å². The molecule has 0 aliphatic carbocycles. The number of phenolic OH excluding ortho intramolecular Hbond substituents is 1. The molecule has 0 radical (unpaired) electrons. The number of ether oxygens (including phenoxy) is 2. The van der Waals surface area contributed by atoms with Crippen LogP contribution in [0.15, 0.2) is 30.4 Å². The van der Waals surface area contributed by atoms with Crippen LogP contribution in [-0.4, -0.2) is 18.8 Å². The van der Waals surface area contributed by atoms with Crippen molar-refractivity contribution in [3.05, 3.63) is 35.9 Å². The lowest BCUT2D eigenvalue weighted by Gasteiger charge is -2.25. The Morgan fingerprint density at radius 1 is 1.50 bits per heavy atom. The lowest BCUT2D eigenvalue weighted by molar-refractivity contribution is 0.0351. The molecule has 1 fully saturated rings. The third-order valence-corrected chi connectivity index (χ3v) is 2.82. The van der Waals surface area contributed by atoms with Crippen LogP contribution in [0.2, 0.25) is 0 Å². The lowest BCUT2D eigenvalue weighted by atomic mass is 9.98. The van der Waals surface area contributed by atoms with E-state index in [0.29, 0.717) is 12.4 Å². The molecule has 1 heterocycles. The van der Waals surface area contributed by atoms with Crippen LogP contribution in [0.1, 0.15) is 24.5 Å². The maximum absolute atomic E-state index is 9.50. The Labute approximate surface area is 95.3 Å². The van der Waals surface area contributed by atoms with Crippen LogP contribution in [0.4, 0.5) is 0 Å². The number of methoxy groups -OCH3 is 1. The quantitative estimate of drug-likeness (QED) is 0.779. The van der Waals surface area contributed by atoms with Gasteiger partial charge in [0.1, 0.15) is 0 Å². The topological polar surface area (TPSA) is 38.7 Å². The molecule has 1 atom stereocenters. The highest BCUT2D eigenvalue weighted by Gasteiger charge is 2.19. The minimum absolute atomic E-state index is 0.0377. The first-order valence-corrected chi connectivity index (χ1v) is 5.36. The van der Waals surface area contributed by atoms with Crippen molar-refractivity contribution in [2.75, 3.05) is 13.7 Å². The summed E-state index contributed by atoms with van der Waals surface area (Å²) in [5.74, 6) is 0.637. The highest BCUT2D eigenvalue weighted by atomic mass is 16.5. The molecule has 0 spiro atoms. The maximum Gasteiger partial charge on any atom is 0.160 e. The zero-order chi connectivity index (χ0) is 11.5. The Hall–Kier alpha value is -1.48. The van der Waals surface area contributed by atoms with Gasteiger partial charge in [0.2, 0.25) is 0 Å². The number of phenols is 1. The summed E-state index contributed by atoms with van der Waals surface area (Å²) in [6.45, 7) is 4.70. The van der Waals surface area contributed by atoms with Crippen molar-refractivity contribution in [1.29, 1.82) is 0 Å². The summed E-state index contributed by atoms with van der Waals surface area (Å²) in [5.41, 5.74) is 2.23.